The molecule has 1 atom stereocenters. The van der Waals surface area contributed by atoms with Crippen LogP contribution in [0.15, 0.2) is 29.6 Å². The van der Waals surface area contributed by atoms with Gasteiger partial charge in [0.25, 0.3) is 0 Å². The molecule has 1 unspecified atom stereocenters. The van der Waals surface area contributed by atoms with Gasteiger partial charge in [-0.2, -0.15) is 13.2 Å². The van der Waals surface area contributed by atoms with E-state index in [0.29, 0.717) is 4.88 Å². The van der Waals surface area contributed by atoms with E-state index in [1.807, 2.05) is 0 Å². The van der Waals surface area contributed by atoms with Crippen molar-refractivity contribution in [2.24, 2.45) is 0 Å². The van der Waals surface area contributed by atoms with Crippen molar-refractivity contribution < 1.29 is 18.3 Å². The third kappa shape index (κ3) is 2.66. The van der Waals surface area contributed by atoms with E-state index in [4.69, 9.17) is 11.6 Å². The quantitative estimate of drug-likeness (QED) is 0.852. The molecule has 18 heavy (non-hydrogen) atoms. The van der Waals surface area contributed by atoms with Crippen LogP contribution in [0.25, 0.3) is 0 Å². The minimum Gasteiger partial charge on any atom is -0.383 e. The maximum atomic E-state index is 12.4. The predicted octanol–water partition coefficient (Wildman–Crippen LogP) is 3.90. The highest BCUT2D eigenvalue weighted by Crippen LogP contribution is 2.33. The van der Waals surface area contributed by atoms with Crippen molar-refractivity contribution >= 4 is 22.9 Å². The van der Waals surface area contributed by atoms with Gasteiger partial charge in [-0.05, 0) is 17.5 Å². The van der Waals surface area contributed by atoms with Crippen molar-refractivity contribution in [3.05, 3.63) is 50.9 Å². The molecule has 2 rings (SSSR count). The van der Waals surface area contributed by atoms with Crippen molar-refractivity contribution in [3.63, 3.8) is 0 Å². The molecule has 0 aromatic carbocycles. The predicted molar refractivity (Wildman–Crippen MR) is 62.6 cm³/mol. The number of alkyl halides is 3. The number of halogens is 4. The van der Waals surface area contributed by atoms with Crippen LogP contribution < -0.4 is 0 Å². The van der Waals surface area contributed by atoms with Crippen LogP contribution >= 0.6 is 22.9 Å². The Morgan fingerprint density at radius 2 is 2.00 bits per heavy atom. The fourth-order valence-electron chi connectivity index (χ4n) is 1.41. The molecule has 0 amide bonds. The highest BCUT2D eigenvalue weighted by atomic mass is 35.5. The second-order valence-corrected chi connectivity index (χ2v) is 4.83. The molecule has 2 heterocycles. The van der Waals surface area contributed by atoms with E-state index in [0.717, 1.165) is 12.1 Å². The number of aromatic nitrogens is 1. The average Bonchev–Trinajstić information content (AvgIpc) is 2.80. The van der Waals surface area contributed by atoms with E-state index in [-0.39, 0.29) is 10.7 Å². The molecule has 0 saturated heterocycles. The molecule has 7 heteroatoms. The molecular weight excluding hydrogens is 287 g/mol. The first-order chi connectivity index (χ1) is 8.39. The van der Waals surface area contributed by atoms with Crippen LogP contribution in [0, 0.1) is 0 Å². The molecule has 96 valence electrons. The van der Waals surface area contributed by atoms with Gasteiger partial charge in [0.05, 0.1) is 0 Å². The Kier molecular flexibility index (Phi) is 3.61. The van der Waals surface area contributed by atoms with Gasteiger partial charge in [0.2, 0.25) is 0 Å². The van der Waals surface area contributed by atoms with Crippen LogP contribution in [0.1, 0.15) is 22.2 Å². The third-order valence-corrected chi connectivity index (χ3v) is 3.50. The summed E-state index contributed by atoms with van der Waals surface area (Å²) < 4.78 is 37.2. The number of hydrogen-bond donors (Lipinski definition) is 1. The minimum atomic E-state index is -4.55. The minimum absolute atomic E-state index is 0.159. The molecule has 1 N–H and O–H groups in total. The van der Waals surface area contributed by atoms with Gasteiger partial charge in [-0.15, -0.1) is 11.3 Å². The summed E-state index contributed by atoms with van der Waals surface area (Å²) in [6.45, 7) is 0. The number of hydrogen-bond acceptors (Lipinski definition) is 3. The lowest BCUT2D eigenvalue weighted by atomic mass is 10.1. The Labute approximate surface area is 110 Å². The monoisotopic (exact) mass is 293 g/mol. The van der Waals surface area contributed by atoms with Crippen LogP contribution in [-0.2, 0) is 6.18 Å². The van der Waals surface area contributed by atoms with Gasteiger partial charge < -0.3 is 5.11 Å². The smallest absolute Gasteiger partial charge is 0.383 e. The molecule has 0 aliphatic rings. The van der Waals surface area contributed by atoms with E-state index in [1.165, 1.54) is 11.3 Å². The number of aliphatic hydroxyl groups excluding tert-OH is 1. The number of nitrogens with zero attached hydrogens (tertiary/aromatic N) is 1. The molecule has 2 aromatic heterocycles. The lowest BCUT2D eigenvalue weighted by molar-refractivity contribution is -0.141. The van der Waals surface area contributed by atoms with Crippen molar-refractivity contribution in [1.29, 1.82) is 0 Å². The molecule has 0 fully saturated rings. The zero-order chi connectivity index (χ0) is 13.3. The fraction of sp³-hybridized carbons (Fsp3) is 0.182. The van der Waals surface area contributed by atoms with Gasteiger partial charge in [0, 0.05) is 10.4 Å². The Morgan fingerprint density at radius 1 is 1.28 bits per heavy atom. The SMILES string of the molecule is OC(c1cccs1)c1ccc(C(F)(F)F)nc1Cl. The van der Waals surface area contributed by atoms with Crippen LogP contribution in [0.4, 0.5) is 13.2 Å². The maximum Gasteiger partial charge on any atom is 0.433 e. The first-order valence-corrected chi connectivity index (χ1v) is 6.10. The van der Waals surface area contributed by atoms with Crippen molar-refractivity contribution in [2.75, 3.05) is 0 Å². The van der Waals surface area contributed by atoms with Gasteiger partial charge in [-0.25, -0.2) is 4.98 Å². The lowest BCUT2D eigenvalue weighted by Crippen LogP contribution is -2.09. The Morgan fingerprint density at radius 3 is 2.50 bits per heavy atom. The molecule has 0 radical (unpaired) electrons. The van der Waals surface area contributed by atoms with E-state index in [9.17, 15) is 18.3 Å². The summed E-state index contributed by atoms with van der Waals surface area (Å²) in [5.41, 5.74) is -0.915. The maximum absolute atomic E-state index is 12.4. The molecule has 2 aromatic rings. The first kappa shape index (κ1) is 13.3. The standard InChI is InChI=1S/C11H7ClF3NOS/c12-10-6(9(17)7-2-1-5-18-7)3-4-8(16-10)11(13,14)15/h1-5,9,17H. The van der Waals surface area contributed by atoms with Crippen LogP contribution in [0.5, 0.6) is 0 Å². The van der Waals surface area contributed by atoms with E-state index in [1.54, 1.807) is 17.5 Å². The van der Waals surface area contributed by atoms with Gasteiger partial charge in [-0.3, -0.25) is 0 Å². The second kappa shape index (κ2) is 4.87. The summed E-state index contributed by atoms with van der Waals surface area (Å²) in [6.07, 6.45) is -5.61. The first-order valence-electron chi connectivity index (χ1n) is 4.84. The summed E-state index contributed by atoms with van der Waals surface area (Å²) in [4.78, 5) is 3.86. The highest BCUT2D eigenvalue weighted by molar-refractivity contribution is 7.10. The average molecular weight is 294 g/mol. The molecule has 0 saturated carbocycles. The Balaban J connectivity index is 2.36. The Bertz CT molecular complexity index is 542. The largest absolute Gasteiger partial charge is 0.433 e. The van der Waals surface area contributed by atoms with Crippen molar-refractivity contribution in [1.82, 2.24) is 4.98 Å². The third-order valence-electron chi connectivity index (χ3n) is 2.28. The van der Waals surface area contributed by atoms with Gasteiger partial charge >= 0.3 is 6.18 Å². The van der Waals surface area contributed by atoms with Crippen LogP contribution in [-0.4, -0.2) is 10.1 Å². The lowest BCUT2D eigenvalue weighted by Gasteiger charge is -2.12. The van der Waals surface area contributed by atoms with E-state index >= 15 is 0 Å². The van der Waals surface area contributed by atoms with Crippen molar-refractivity contribution in [3.8, 4) is 0 Å². The summed E-state index contributed by atoms with van der Waals surface area (Å²) in [6, 6.07) is 5.35. The number of thiophene rings is 1. The molecular formula is C11H7ClF3NOS. The van der Waals surface area contributed by atoms with Gasteiger partial charge in [0.1, 0.15) is 17.0 Å². The van der Waals surface area contributed by atoms with Crippen molar-refractivity contribution in [2.45, 2.75) is 12.3 Å². The van der Waals surface area contributed by atoms with E-state index in [2.05, 4.69) is 4.98 Å². The number of pyridine rings is 1. The van der Waals surface area contributed by atoms with Gasteiger partial charge in [0.15, 0.2) is 0 Å². The summed E-state index contributed by atoms with van der Waals surface area (Å²) in [7, 11) is 0. The number of aliphatic hydroxyl groups is 1. The summed E-state index contributed by atoms with van der Waals surface area (Å²) >= 11 is 6.97. The molecule has 0 aliphatic carbocycles. The van der Waals surface area contributed by atoms with Gasteiger partial charge in [-0.1, -0.05) is 23.7 Å². The zero-order valence-electron chi connectivity index (χ0n) is 8.78. The molecule has 2 nitrogen and oxygen atoms in total. The van der Waals surface area contributed by atoms with Crippen LogP contribution in [0.2, 0.25) is 5.15 Å². The molecule has 0 aliphatic heterocycles. The molecule has 0 bridgehead atoms. The number of rotatable bonds is 2. The van der Waals surface area contributed by atoms with E-state index < -0.39 is 18.0 Å². The topological polar surface area (TPSA) is 33.1 Å². The summed E-state index contributed by atoms with van der Waals surface area (Å²) in [5.74, 6) is 0. The second-order valence-electron chi connectivity index (χ2n) is 3.49. The summed E-state index contributed by atoms with van der Waals surface area (Å²) in [5, 5.41) is 11.4. The fourth-order valence-corrected chi connectivity index (χ4v) is 2.39. The normalized spacial score (nSPS) is 13.6. The zero-order valence-corrected chi connectivity index (χ0v) is 10.4. The Hall–Kier alpha value is -1.11. The molecule has 0 spiro atoms. The van der Waals surface area contributed by atoms with Crippen LogP contribution in [0.3, 0.4) is 0 Å². The highest BCUT2D eigenvalue weighted by Gasteiger charge is 2.33.